The van der Waals surface area contributed by atoms with Gasteiger partial charge in [0.05, 0.1) is 5.02 Å². The molecule has 2 unspecified atom stereocenters. The first kappa shape index (κ1) is 33.8. The van der Waals surface area contributed by atoms with Crippen LogP contribution in [0.3, 0.4) is 0 Å². The maximum Gasteiger partial charge on any atom is 0.320 e. The van der Waals surface area contributed by atoms with Crippen molar-refractivity contribution >= 4 is 51.8 Å². The third-order valence-corrected chi connectivity index (χ3v) is 9.88. The molecule has 48 heavy (non-hydrogen) atoms. The standard InChI is InChI=1S/C36H36Cl2N4O6/c1-35(38)25(23-10-5-4-6-11-23)12-9-16-36(35,41-31(43)27-15-14-24(20-39-27)33(46-2)47-3)34-40-28-19-22(18-26(37)30(28)48-34)21-42-17-8-7-13-29(42)32(44)45/h4-6,9-12,14-16,18-20,29,33H,7-8,13,17,21H2,1-3H3,(H,41,43)(H,44,45)/t29-,35?,36?/m0/s1. The zero-order chi connectivity index (χ0) is 34.1. The Morgan fingerprint density at radius 3 is 2.60 bits per heavy atom. The fourth-order valence-corrected chi connectivity index (χ4v) is 7.21. The number of fused-ring (bicyclic) bond motifs is 1. The molecule has 0 spiro atoms. The molecule has 3 heterocycles. The van der Waals surface area contributed by atoms with Crippen molar-refractivity contribution in [1.82, 2.24) is 20.2 Å². The zero-order valence-corrected chi connectivity index (χ0v) is 28.3. The summed E-state index contributed by atoms with van der Waals surface area (Å²) in [5.74, 6) is -1.23. The molecule has 2 aromatic heterocycles. The normalized spacial score (nSPS) is 23.0. The predicted molar refractivity (Wildman–Crippen MR) is 183 cm³/mol. The number of methoxy groups -OCH3 is 2. The Balaban J connectivity index is 1.42. The maximum absolute atomic E-state index is 14.0. The lowest BCUT2D eigenvalue weighted by Crippen LogP contribution is -2.58. The van der Waals surface area contributed by atoms with E-state index in [0.29, 0.717) is 41.2 Å². The van der Waals surface area contributed by atoms with Crippen LogP contribution in [0.25, 0.3) is 16.7 Å². The number of aliphatic carboxylic acids is 1. The summed E-state index contributed by atoms with van der Waals surface area (Å²) in [5, 5.41) is 13.2. The van der Waals surface area contributed by atoms with Crippen LogP contribution in [-0.2, 0) is 26.4 Å². The van der Waals surface area contributed by atoms with E-state index in [2.05, 4.69) is 10.3 Å². The second-order valence-corrected chi connectivity index (χ2v) is 13.3. The molecule has 1 saturated heterocycles. The van der Waals surface area contributed by atoms with Gasteiger partial charge in [-0.15, -0.1) is 11.6 Å². The summed E-state index contributed by atoms with van der Waals surface area (Å²) in [6.07, 6.45) is 8.75. The second kappa shape index (κ2) is 13.8. The smallest absolute Gasteiger partial charge is 0.320 e. The van der Waals surface area contributed by atoms with Crippen molar-refractivity contribution in [3.8, 4) is 0 Å². The Kier molecular flexibility index (Phi) is 9.74. The molecule has 6 rings (SSSR count). The maximum atomic E-state index is 14.0. The van der Waals surface area contributed by atoms with Crippen LogP contribution in [0.5, 0.6) is 0 Å². The molecule has 2 aromatic carbocycles. The SMILES string of the molecule is COC(OC)c1ccc(C(=O)NC2(c3nc4cc(CN5CCCC[C@H]5C(=O)O)cc(Cl)c4o3)C=CC=C(c3ccccc3)C2(C)Cl)nc1. The number of pyridine rings is 1. The number of piperidine rings is 1. The molecule has 0 bridgehead atoms. The molecule has 3 atom stereocenters. The number of nitrogens with one attached hydrogen (secondary N) is 1. The number of carbonyl (C=O) groups excluding carboxylic acids is 1. The second-order valence-electron chi connectivity index (χ2n) is 12.1. The molecule has 1 fully saturated rings. The highest BCUT2D eigenvalue weighted by Crippen LogP contribution is 2.50. The number of aromatic nitrogens is 2. The number of rotatable bonds is 10. The van der Waals surface area contributed by atoms with Crippen LogP contribution in [0.15, 0.2) is 83.4 Å². The number of allylic oxidation sites excluding steroid dienone is 2. The van der Waals surface area contributed by atoms with Crippen LogP contribution in [0.1, 0.15) is 65.5 Å². The summed E-state index contributed by atoms with van der Waals surface area (Å²) in [6.45, 7) is 2.86. The van der Waals surface area contributed by atoms with Gasteiger partial charge in [-0.2, -0.15) is 0 Å². The molecule has 1 amide bonds. The lowest BCUT2D eigenvalue weighted by Gasteiger charge is -2.44. The van der Waals surface area contributed by atoms with Crippen molar-refractivity contribution in [2.45, 2.75) is 55.5 Å². The molecule has 1 aliphatic heterocycles. The molecule has 4 aromatic rings. The quantitative estimate of drug-likeness (QED) is 0.135. The minimum atomic E-state index is -1.50. The van der Waals surface area contributed by atoms with Crippen LogP contribution in [0.2, 0.25) is 5.02 Å². The van der Waals surface area contributed by atoms with Gasteiger partial charge in [0.25, 0.3) is 5.91 Å². The molecular formula is C36H36Cl2N4O6. The number of amides is 1. The van der Waals surface area contributed by atoms with Gasteiger partial charge in [0.2, 0.25) is 5.89 Å². The number of hydrogen-bond donors (Lipinski definition) is 2. The number of carboxylic acids is 1. The summed E-state index contributed by atoms with van der Waals surface area (Å²) >= 11 is 14.3. The van der Waals surface area contributed by atoms with Gasteiger partial charge in [-0.05, 0) is 67.3 Å². The first-order valence-electron chi connectivity index (χ1n) is 15.6. The number of nitrogens with zero attached hydrogens (tertiary/aromatic N) is 3. The van der Waals surface area contributed by atoms with Gasteiger partial charge < -0.3 is 24.3 Å². The summed E-state index contributed by atoms with van der Waals surface area (Å²) < 4.78 is 17.0. The molecule has 0 radical (unpaired) electrons. The largest absolute Gasteiger partial charge is 0.480 e. The highest BCUT2D eigenvalue weighted by atomic mass is 35.5. The minimum Gasteiger partial charge on any atom is -0.480 e. The van der Waals surface area contributed by atoms with E-state index in [1.165, 1.54) is 20.4 Å². The van der Waals surface area contributed by atoms with Crippen molar-refractivity contribution in [3.63, 3.8) is 0 Å². The molecule has 2 N–H and O–H groups in total. The van der Waals surface area contributed by atoms with Gasteiger partial charge in [-0.3, -0.25) is 19.5 Å². The molecule has 0 saturated carbocycles. The molecule has 2 aliphatic rings. The van der Waals surface area contributed by atoms with E-state index in [1.807, 2.05) is 53.5 Å². The van der Waals surface area contributed by atoms with Crippen molar-refractivity contribution < 1.29 is 28.6 Å². The van der Waals surface area contributed by atoms with Gasteiger partial charge >= 0.3 is 5.97 Å². The number of carbonyl (C=O) groups is 2. The van der Waals surface area contributed by atoms with Crippen molar-refractivity contribution in [1.29, 1.82) is 0 Å². The monoisotopic (exact) mass is 690 g/mol. The molecule has 250 valence electrons. The highest BCUT2D eigenvalue weighted by molar-refractivity contribution is 6.35. The predicted octanol–water partition coefficient (Wildman–Crippen LogP) is 6.88. The molecule has 12 heteroatoms. The van der Waals surface area contributed by atoms with Gasteiger partial charge in [0.1, 0.15) is 22.1 Å². The van der Waals surface area contributed by atoms with Crippen LogP contribution >= 0.6 is 23.2 Å². The summed E-state index contributed by atoms with van der Waals surface area (Å²) in [5.41, 5.74) is 2.43. The highest BCUT2D eigenvalue weighted by Gasteiger charge is 2.55. The van der Waals surface area contributed by atoms with E-state index < -0.39 is 34.6 Å². The minimum absolute atomic E-state index is 0.122. The summed E-state index contributed by atoms with van der Waals surface area (Å²) in [4.78, 5) is 35.8. The van der Waals surface area contributed by atoms with E-state index >= 15 is 0 Å². The van der Waals surface area contributed by atoms with E-state index in [0.717, 1.165) is 29.5 Å². The number of likely N-dealkylation sites (tertiary alicyclic amines) is 1. The van der Waals surface area contributed by atoms with Crippen LogP contribution < -0.4 is 5.32 Å². The van der Waals surface area contributed by atoms with Crippen LogP contribution in [0.4, 0.5) is 0 Å². The Labute approximate surface area is 288 Å². The molecule has 10 nitrogen and oxygen atoms in total. The lowest BCUT2D eigenvalue weighted by molar-refractivity contribution is -0.144. The van der Waals surface area contributed by atoms with Gasteiger partial charge in [0.15, 0.2) is 17.4 Å². The van der Waals surface area contributed by atoms with Crippen molar-refractivity contribution in [2.24, 2.45) is 0 Å². The number of carboxylic acid groups (broad SMARTS) is 1. The van der Waals surface area contributed by atoms with Crippen LogP contribution in [0, 0.1) is 0 Å². The van der Waals surface area contributed by atoms with E-state index in [1.54, 1.807) is 31.2 Å². The third kappa shape index (κ3) is 6.26. The zero-order valence-electron chi connectivity index (χ0n) is 26.8. The Morgan fingerprint density at radius 2 is 1.92 bits per heavy atom. The summed E-state index contributed by atoms with van der Waals surface area (Å²) in [6, 6.07) is 16.0. The first-order valence-corrected chi connectivity index (χ1v) is 16.4. The number of benzene rings is 2. The van der Waals surface area contributed by atoms with Crippen molar-refractivity contribution in [3.05, 3.63) is 112 Å². The molecule has 1 aliphatic carbocycles. The van der Waals surface area contributed by atoms with Gasteiger partial charge in [-0.1, -0.05) is 66.6 Å². The van der Waals surface area contributed by atoms with Gasteiger partial charge in [0, 0.05) is 32.5 Å². The summed E-state index contributed by atoms with van der Waals surface area (Å²) in [7, 11) is 3.03. The van der Waals surface area contributed by atoms with Crippen molar-refractivity contribution in [2.75, 3.05) is 20.8 Å². The number of halogens is 2. The topological polar surface area (TPSA) is 127 Å². The van der Waals surface area contributed by atoms with Crippen LogP contribution in [-0.4, -0.2) is 63.5 Å². The average molecular weight is 692 g/mol. The lowest BCUT2D eigenvalue weighted by atomic mass is 9.73. The Morgan fingerprint density at radius 1 is 1.15 bits per heavy atom. The Bertz CT molecular complexity index is 1870. The third-order valence-electron chi connectivity index (χ3n) is 9.10. The fraction of sp³-hybridized carbons (Fsp3) is 0.333. The van der Waals surface area contributed by atoms with E-state index in [4.69, 9.17) is 42.1 Å². The van der Waals surface area contributed by atoms with Gasteiger partial charge in [-0.25, -0.2) is 4.98 Å². The number of alkyl halides is 1. The Hall–Kier alpha value is -4.06. The molecular weight excluding hydrogens is 655 g/mol. The number of hydrogen-bond acceptors (Lipinski definition) is 8. The number of ether oxygens (including phenoxy) is 2. The fourth-order valence-electron chi connectivity index (χ4n) is 6.58. The van der Waals surface area contributed by atoms with E-state index in [9.17, 15) is 14.7 Å². The number of oxazole rings is 1. The van der Waals surface area contributed by atoms with E-state index in [-0.39, 0.29) is 11.6 Å². The first-order chi connectivity index (χ1) is 23.1. The average Bonchev–Trinajstić information content (AvgIpc) is 3.52.